The van der Waals surface area contributed by atoms with Gasteiger partial charge < -0.3 is 40.6 Å². The number of ketones is 2. The Morgan fingerprint density at radius 2 is 1.00 bits per heavy atom. The monoisotopic (exact) mass is 1460 g/mol. The molecule has 1 saturated carbocycles. The Labute approximate surface area is 570 Å². The molecule has 1 N–H and O–H groups in total. The second-order valence-corrected chi connectivity index (χ2v) is 23.2. The van der Waals surface area contributed by atoms with Crippen LogP contribution >= 0.6 is 0 Å². The number of rotatable bonds is 27. The van der Waals surface area contributed by atoms with E-state index in [1.165, 1.54) is 61.3 Å². The van der Waals surface area contributed by atoms with Crippen LogP contribution in [-0.2, 0) is 38.2 Å². The summed E-state index contributed by atoms with van der Waals surface area (Å²) >= 11 is 0. The van der Waals surface area contributed by atoms with E-state index in [4.69, 9.17) is 9.47 Å². The van der Waals surface area contributed by atoms with E-state index in [-0.39, 0.29) is 91.6 Å². The minimum atomic E-state index is -0.595. The van der Waals surface area contributed by atoms with Gasteiger partial charge in [-0.15, -0.1) is 0 Å². The van der Waals surface area contributed by atoms with Crippen LogP contribution < -0.4 is 5.32 Å². The van der Waals surface area contributed by atoms with E-state index in [0.717, 1.165) is 43.2 Å². The molecule has 2 amide bonds. The van der Waals surface area contributed by atoms with Crippen LogP contribution in [0.15, 0.2) is 72.6 Å². The number of allylic oxidation sites excluding steroid dienone is 1. The van der Waals surface area contributed by atoms with E-state index >= 15 is 0 Å². The number of benzene rings is 2. The number of Topliss-reactive ketones (excluding diaryl/α,β-unsaturated/α-hetero) is 2. The molecule has 1 aliphatic carbocycles. The fourth-order valence-electron chi connectivity index (χ4n) is 7.40. The largest absolute Gasteiger partial charge is 2.00 e. The Kier molecular flexibility index (Phi) is 82.1. The molecule has 88 heavy (non-hydrogen) atoms. The van der Waals surface area contributed by atoms with E-state index in [1.54, 1.807) is 32.7 Å². The molecule has 2 aromatic rings. The average Bonchev–Trinajstić information content (AvgIpc) is 4.04. The van der Waals surface area contributed by atoms with Gasteiger partial charge >= 0.3 is 31.1 Å². The number of carbonyl (C=O) groups excluding carboxylic acids is 6. The molecule has 5 atom stereocenters. The van der Waals surface area contributed by atoms with Crippen molar-refractivity contribution in [2.75, 3.05) is 27.2 Å². The molecule has 0 heterocycles. The predicted molar refractivity (Wildman–Crippen MR) is 380 cm³/mol. The first-order valence-corrected chi connectivity index (χ1v) is 33.5. The van der Waals surface area contributed by atoms with Gasteiger partial charge in [0.25, 0.3) is 6.47 Å². The number of likely N-dealkylation sites (N-methyl/N-ethyl adjacent to an activating group) is 2. The van der Waals surface area contributed by atoms with Crippen molar-refractivity contribution < 1.29 is 69.4 Å². The summed E-state index contributed by atoms with van der Waals surface area (Å²) in [7, 11) is 3.52. The smallest absolute Gasteiger partial charge is 0.540 e. The van der Waals surface area contributed by atoms with Crippen molar-refractivity contribution in [1.29, 1.82) is 0 Å². The maximum atomic E-state index is 12.9. The summed E-state index contributed by atoms with van der Waals surface area (Å²) in [5.74, 6) is 3.29. The van der Waals surface area contributed by atoms with Crippen LogP contribution in [-0.4, -0.2) is 91.4 Å². The Hall–Kier alpha value is -4.14. The molecular weight excluding hydrogens is 1320 g/mol. The van der Waals surface area contributed by atoms with Crippen LogP contribution in [0.2, 0.25) is 0 Å². The molecule has 1 fully saturated rings. The number of aryl methyl sites for hydroxylation is 4. The molecule has 1 aliphatic rings. The van der Waals surface area contributed by atoms with Gasteiger partial charge in [0.05, 0.1) is 12.6 Å². The molecule has 512 valence electrons. The van der Waals surface area contributed by atoms with E-state index in [1.807, 2.05) is 86.6 Å². The van der Waals surface area contributed by atoms with E-state index < -0.39 is 6.10 Å². The van der Waals surface area contributed by atoms with Crippen LogP contribution in [0, 0.1) is 107 Å². The Morgan fingerprint density at radius 3 is 1.26 bits per heavy atom. The van der Waals surface area contributed by atoms with Gasteiger partial charge in [-0.05, 0) is 109 Å². The van der Waals surface area contributed by atoms with Gasteiger partial charge in [-0.3, -0.25) is 19.2 Å². The van der Waals surface area contributed by atoms with Gasteiger partial charge in [-0.25, -0.2) is 6.29 Å². The predicted octanol–water partition coefficient (Wildman–Crippen LogP) is 19.9. The molecule has 2 aromatic carbocycles. The summed E-state index contributed by atoms with van der Waals surface area (Å²) < 4.78 is 10.5. The zero-order chi connectivity index (χ0) is 69.8. The Morgan fingerprint density at radius 1 is 0.636 bits per heavy atom. The summed E-state index contributed by atoms with van der Waals surface area (Å²) in [6, 6.07) is 16.3. The SMILES string of the molecule is C1CC1.C=C(OC(C)C(=O)CC)C(CC(C)C)N(C)C(=O)CNC(=O)C(CC(C)C)C(C)CC.CC.CC.CC.CC.CC(C)CC(C)C.CC/C=C(/COC=O)N(C)C([C-]=O)CC(C)C.C[CH-]C(C)=O.Cc1ccc(C)cc1.Cc1ccc(C)cc1.[U+2]. The Bertz CT molecular complexity index is 1850. The molecule has 0 spiro atoms. The maximum Gasteiger partial charge on any atom is 2.00 e. The van der Waals surface area contributed by atoms with Crippen molar-refractivity contribution in [1.82, 2.24) is 15.1 Å². The quantitative estimate of drug-likeness (QED) is 0.0526. The third-order valence-electron chi connectivity index (χ3n) is 12.5. The first-order chi connectivity index (χ1) is 40.9. The second kappa shape index (κ2) is 70.3. The van der Waals surface area contributed by atoms with Gasteiger partial charge in [0.15, 0.2) is 11.9 Å². The number of nitrogens with zero attached hydrogens (tertiary/aromatic N) is 2. The van der Waals surface area contributed by atoms with Crippen molar-refractivity contribution in [3.8, 4) is 0 Å². The van der Waals surface area contributed by atoms with Crippen LogP contribution in [0.5, 0.6) is 0 Å². The topological polar surface area (TPSA) is 139 Å². The number of ether oxygens (including phenoxy) is 2. The molecule has 0 bridgehead atoms. The van der Waals surface area contributed by atoms with E-state index in [0.29, 0.717) is 42.8 Å². The van der Waals surface area contributed by atoms with Gasteiger partial charge in [0.2, 0.25) is 11.8 Å². The zero-order valence-corrected chi connectivity index (χ0v) is 67.1. The molecule has 0 radical (unpaired) electrons. The fraction of sp³-hybridized carbons (Fsp3) is 0.697. The molecular formula is C76H141N3O8U. The summed E-state index contributed by atoms with van der Waals surface area (Å²) in [6.07, 6.45) is 15.1. The minimum Gasteiger partial charge on any atom is -0.540 e. The third kappa shape index (κ3) is 67.8. The van der Waals surface area contributed by atoms with Gasteiger partial charge in [0, 0.05) is 32.1 Å². The molecule has 3 rings (SSSR count). The van der Waals surface area contributed by atoms with E-state index in [9.17, 15) is 28.8 Å². The maximum absolute atomic E-state index is 12.9. The van der Waals surface area contributed by atoms with Crippen LogP contribution in [0.4, 0.5) is 0 Å². The average molecular weight is 1460 g/mol. The van der Waals surface area contributed by atoms with Gasteiger partial charge in [0.1, 0.15) is 12.4 Å². The van der Waals surface area contributed by atoms with Crippen LogP contribution in [0.3, 0.4) is 0 Å². The normalized spacial score (nSPS) is 12.0. The Balaban J connectivity index is -0.000000130. The minimum absolute atomic E-state index is 0. The summed E-state index contributed by atoms with van der Waals surface area (Å²) in [5.41, 5.74) is 6.16. The number of hydrogen-bond donors (Lipinski definition) is 1. The van der Waals surface area contributed by atoms with Crippen molar-refractivity contribution in [3.05, 3.63) is 101 Å². The zero-order valence-electron chi connectivity index (χ0n) is 63.0. The van der Waals surface area contributed by atoms with E-state index in [2.05, 4.69) is 171 Å². The third-order valence-corrected chi connectivity index (χ3v) is 12.5. The fourth-order valence-corrected chi connectivity index (χ4v) is 7.40. The number of amides is 2. The molecule has 0 aromatic heterocycles. The number of nitrogens with one attached hydrogen (secondary N) is 1. The molecule has 0 aliphatic heterocycles. The first kappa shape index (κ1) is 103. The molecule has 12 heteroatoms. The first-order valence-electron chi connectivity index (χ1n) is 33.5. The number of hydrogen-bond acceptors (Lipinski definition) is 9. The van der Waals surface area contributed by atoms with Crippen LogP contribution in [0.1, 0.15) is 260 Å². The van der Waals surface area contributed by atoms with Gasteiger partial charge in [-0.2, -0.15) is 6.92 Å². The standard InChI is InChI=1S/C25H46N2O4.C13H22NO3.2C8H10.C7H16.C4H7O.C3H6.4C2H6.U/c1-11-18(7)21(13-16(3)4)25(30)26-15-24(29)27(10)22(14-17(5)6)19(8)31-20(9)23(28)12-2;1-5-6-12(9-17-10-16)14(4)13(8-15)7-11(2)3;2*1-7-3-5-8(2)6-4-7;1-6(2)5-7(3)4;1-3-4(2)5;1-2-3-1;4*1-2;/h16-18,20-22H,8,11-15H2,1-7,9-10H3,(H,26,30);6,10-11,13H,5,7,9H2,1-4H3;2*3-6H,1-2H3;6-7H,5H2,1-4H3;3H,1-2H3;1-3H2;4*1-2H3;/q;-1;;;;-1;;;;;;+2/b;12-6-;;;;;;;;;;. The van der Waals surface area contributed by atoms with Crippen molar-refractivity contribution in [2.45, 2.75) is 283 Å². The summed E-state index contributed by atoms with van der Waals surface area (Å²) in [5, 5.41) is 2.84. The molecule has 0 saturated heterocycles. The molecule has 11 nitrogen and oxygen atoms in total. The number of carbonyl (C=O) groups is 5. The van der Waals surface area contributed by atoms with Crippen molar-refractivity contribution in [2.24, 2.45) is 41.4 Å². The van der Waals surface area contributed by atoms with Crippen LogP contribution in [0.25, 0.3) is 0 Å². The summed E-state index contributed by atoms with van der Waals surface area (Å²) in [6.45, 7) is 63.4. The van der Waals surface area contributed by atoms with Crippen molar-refractivity contribution in [3.63, 3.8) is 0 Å². The summed E-state index contributed by atoms with van der Waals surface area (Å²) in [4.78, 5) is 71.9. The van der Waals surface area contributed by atoms with Gasteiger partial charge in [-0.1, -0.05) is 274 Å². The second-order valence-electron chi connectivity index (χ2n) is 23.2. The van der Waals surface area contributed by atoms with Crippen molar-refractivity contribution >= 4 is 36.1 Å². The molecule has 5 unspecified atom stereocenters.